The van der Waals surface area contributed by atoms with E-state index in [1.165, 1.54) is 43.8 Å². The van der Waals surface area contributed by atoms with E-state index in [1.807, 2.05) is 0 Å². The number of hydrogen-bond donors (Lipinski definition) is 0. The summed E-state index contributed by atoms with van der Waals surface area (Å²) in [6.07, 6.45) is 0. The molecule has 13 rings (SSSR count). The number of hydrogen-bond acceptors (Lipinski definition) is 3. The molecule has 0 atom stereocenters. The zero-order valence-corrected chi connectivity index (χ0v) is 36.1. The van der Waals surface area contributed by atoms with Gasteiger partial charge in [-0.25, -0.2) is 0 Å². The van der Waals surface area contributed by atoms with E-state index in [4.69, 9.17) is 4.74 Å². The fourth-order valence-electron chi connectivity index (χ4n) is 10.8. The van der Waals surface area contributed by atoms with E-state index < -0.39 is 5.41 Å². The second-order valence-electron chi connectivity index (χ2n) is 17.3. The summed E-state index contributed by atoms with van der Waals surface area (Å²) in [5, 5.41) is 4.78. The van der Waals surface area contributed by atoms with E-state index in [0.717, 1.165) is 67.9 Å². The fraction of sp³-hybridized carbons (Fsp3) is 0.0159. The Morgan fingerprint density at radius 2 is 0.712 bits per heavy atom. The van der Waals surface area contributed by atoms with Crippen molar-refractivity contribution in [3.05, 3.63) is 277 Å². The van der Waals surface area contributed by atoms with Crippen molar-refractivity contribution in [2.45, 2.75) is 5.41 Å². The van der Waals surface area contributed by atoms with E-state index in [-0.39, 0.29) is 0 Å². The topological polar surface area (TPSA) is 15.7 Å². The summed E-state index contributed by atoms with van der Waals surface area (Å²) < 4.78 is 6.78. The Kier molecular flexibility index (Phi) is 8.75. The van der Waals surface area contributed by atoms with Gasteiger partial charge in [-0.05, 0) is 134 Å². The number of fused-ring (bicyclic) bond motifs is 11. The third-order valence-electron chi connectivity index (χ3n) is 13.6. The van der Waals surface area contributed by atoms with Gasteiger partial charge in [-0.2, -0.15) is 0 Å². The zero-order valence-electron chi connectivity index (χ0n) is 36.1. The molecule has 0 fully saturated rings. The molecule has 0 aromatic heterocycles. The van der Waals surface area contributed by atoms with E-state index in [2.05, 4.69) is 265 Å². The fourth-order valence-corrected chi connectivity index (χ4v) is 10.8. The van der Waals surface area contributed by atoms with Gasteiger partial charge in [0.05, 0.1) is 5.41 Å². The van der Waals surface area contributed by atoms with Crippen LogP contribution in [0.25, 0.3) is 43.8 Å². The third kappa shape index (κ3) is 5.91. The first-order chi connectivity index (χ1) is 32.7. The van der Waals surface area contributed by atoms with Crippen molar-refractivity contribution in [3.63, 3.8) is 0 Å². The summed E-state index contributed by atoms with van der Waals surface area (Å²) in [5.74, 6) is 1.75. The number of anilines is 6. The van der Waals surface area contributed by atoms with Crippen molar-refractivity contribution in [2.75, 3.05) is 9.80 Å². The number of nitrogens with zero attached hydrogens (tertiary/aromatic N) is 2. The van der Waals surface area contributed by atoms with Crippen LogP contribution in [-0.4, -0.2) is 0 Å². The normalized spacial score (nSPS) is 12.8. The lowest BCUT2D eigenvalue weighted by atomic mass is 9.64. The van der Waals surface area contributed by atoms with Crippen LogP contribution in [0.3, 0.4) is 0 Å². The van der Waals surface area contributed by atoms with Gasteiger partial charge in [0, 0.05) is 45.3 Å². The van der Waals surface area contributed by atoms with Crippen LogP contribution in [0.2, 0.25) is 0 Å². The van der Waals surface area contributed by atoms with Gasteiger partial charge in [-0.3, -0.25) is 0 Å². The lowest BCUT2D eigenvalue weighted by molar-refractivity contribution is 0.436. The lowest BCUT2D eigenvalue weighted by Gasteiger charge is -2.40. The predicted octanol–water partition coefficient (Wildman–Crippen LogP) is 17.1. The van der Waals surface area contributed by atoms with Crippen molar-refractivity contribution >= 4 is 55.7 Å². The van der Waals surface area contributed by atoms with Gasteiger partial charge in [-0.15, -0.1) is 0 Å². The van der Waals surface area contributed by atoms with Crippen LogP contribution in [0.15, 0.2) is 255 Å². The van der Waals surface area contributed by atoms with Crippen LogP contribution in [0, 0.1) is 0 Å². The van der Waals surface area contributed by atoms with Gasteiger partial charge in [0.1, 0.15) is 11.5 Å². The molecular weight excluding hydrogens is 801 g/mol. The first-order valence-electron chi connectivity index (χ1n) is 22.7. The summed E-state index contributed by atoms with van der Waals surface area (Å²) >= 11 is 0. The van der Waals surface area contributed by atoms with Gasteiger partial charge >= 0.3 is 0 Å². The molecule has 1 heterocycles. The number of ether oxygens (including phenoxy) is 1. The van der Waals surface area contributed by atoms with Crippen molar-refractivity contribution in [2.24, 2.45) is 0 Å². The maximum absolute atomic E-state index is 6.78. The van der Waals surface area contributed by atoms with Crippen molar-refractivity contribution in [1.29, 1.82) is 0 Å². The standard InChI is InChI=1S/C63H42N2O/c1-3-22-48(23-4-1)64(50-36-34-43-18-7-9-20-45(43)38-50)52-40-47(41-53(42-52)65(49-24-5-2-6-25-49)51-37-35-44-19-8-10-21-46(44)39-51)54-27-17-28-56-55-26-11-12-29-57(55)63(62(54)56)58-30-13-15-32-60(58)66-61-33-16-14-31-59(61)63/h1-42H. The van der Waals surface area contributed by atoms with Crippen molar-refractivity contribution in [1.82, 2.24) is 0 Å². The van der Waals surface area contributed by atoms with Crippen molar-refractivity contribution in [3.8, 4) is 33.8 Å². The maximum Gasteiger partial charge on any atom is 0.132 e. The van der Waals surface area contributed by atoms with Crippen LogP contribution >= 0.6 is 0 Å². The predicted molar refractivity (Wildman–Crippen MR) is 274 cm³/mol. The molecule has 11 aromatic rings. The number of para-hydroxylation sites is 4. The minimum atomic E-state index is -0.654. The average Bonchev–Trinajstić information content (AvgIpc) is 3.68. The van der Waals surface area contributed by atoms with E-state index >= 15 is 0 Å². The Balaban J connectivity index is 1.14. The molecule has 11 aromatic carbocycles. The summed E-state index contributed by atoms with van der Waals surface area (Å²) in [6.45, 7) is 0. The Labute approximate surface area is 384 Å². The Bertz CT molecular complexity index is 3470. The summed E-state index contributed by atoms with van der Waals surface area (Å²) in [6, 6.07) is 92.7. The highest BCUT2D eigenvalue weighted by atomic mass is 16.5. The largest absolute Gasteiger partial charge is 0.457 e. The molecule has 0 N–H and O–H groups in total. The molecule has 0 saturated heterocycles. The van der Waals surface area contributed by atoms with E-state index in [0.29, 0.717) is 0 Å². The van der Waals surface area contributed by atoms with Gasteiger partial charge in [0.25, 0.3) is 0 Å². The molecule has 1 aliphatic heterocycles. The highest BCUT2D eigenvalue weighted by Crippen LogP contribution is 2.64. The molecular formula is C63H42N2O. The average molecular weight is 843 g/mol. The summed E-state index contributed by atoms with van der Waals surface area (Å²) in [7, 11) is 0. The van der Waals surface area contributed by atoms with E-state index in [9.17, 15) is 0 Å². The quantitative estimate of drug-likeness (QED) is 0.159. The Morgan fingerprint density at radius 3 is 1.27 bits per heavy atom. The van der Waals surface area contributed by atoms with Gasteiger partial charge in [0.2, 0.25) is 0 Å². The molecule has 1 aliphatic carbocycles. The van der Waals surface area contributed by atoms with Crippen LogP contribution in [0.5, 0.6) is 11.5 Å². The smallest absolute Gasteiger partial charge is 0.132 e. The molecule has 310 valence electrons. The molecule has 3 nitrogen and oxygen atoms in total. The van der Waals surface area contributed by atoms with Gasteiger partial charge < -0.3 is 14.5 Å². The monoisotopic (exact) mass is 842 g/mol. The molecule has 0 radical (unpaired) electrons. The second kappa shape index (κ2) is 15.3. The van der Waals surface area contributed by atoms with Crippen molar-refractivity contribution < 1.29 is 4.74 Å². The number of benzene rings is 11. The zero-order chi connectivity index (χ0) is 43.6. The highest BCUT2D eigenvalue weighted by molar-refractivity contribution is 5.98. The van der Waals surface area contributed by atoms with Gasteiger partial charge in [0.15, 0.2) is 0 Å². The van der Waals surface area contributed by atoms with Crippen LogP contribution in [-0.2, 0) is 5.41 Å². The third-order valence-corrected chi connectivity index (χ3v) is 13.6. The Hall–Kier alpha value is -8.66. The summed E-state index contributed by atoms with van der Waals surface area (Å²) in [5.41, 5.74) is 15.3. The van der Waals surface area contributed by atoms with E-state index in [1.54, 1.807) is 0 Å². The van der Waals surface area contributed by atoms with Crippen LogP contribution < -0.4 is 14.5 Å². The van der Waals surface area contributed by atoms with Crippen LogP contribution in [0.4, 0.5) is 34.1 Å². The molecule has 2 aliphatic rings. The molecule has 0 bridgehead atoms. The second-order valence-corrected chi connectivity index (χ2v) is 17.3. The highest BCUT2D eigenvalue weighted by Gasteiger charge is 2.52. The molecule has 1 spiro atoms. The molecule has 0 saturated carbocycles. The SMILES string of the molecule is c1ccc(N(c2cc(-c3cccc4c3C3(c5ccccc5Oc5ccccc53)c3ccccc3-4)cc(N(c3ccccc3)c3ccc4ccccc4c3)c2)c2ccc3ccccc3c2)cc1. The first kappa shape index (κ1) is 37.9. The molecule has 0 unspecified atom stereocenters. The molecule has 66 heavy (non-hydrogen) atoms. The minimum Gasteiger partial charge on any atom is -0.457 e. The first-order valence-corrected chi connectivity index (χ1v) is 22.7. The summed E-state index contributed by atoms with van der Waals surface area (Å²) in [4.78, 5) is 4.82. The molecule has 3 heteroatoms. The minimum absolute atomic E-state index is 0.654. The lowest BCUT2D eigenvalue weighted by Crippen LogP contribution is -2.32. The Morgan fingerprint density at radius 1 is 0.273 bits per heavy atom. The number of rotatable bonds is 7. The molecule has 0 amide bonds. The van der Waals surface area contributed by atoms with Crippen LogP contribution in [0.1, 0.15) is 22.3 Å². The maximum atomic E-state index is 6.78. The van der Waals surface area contributed by atoms with Gasteiger partial charge in [-0.1, -0.05) is 176 Å².